The van der Waals surface area contributed by atoms with Gasteiger partial charge in [0.2, 0.25) is 0 Å². The number of benzene rings is 3. The standard InChI is InChI=1S/C24H19Cl2N3O2S/c1-15-3-5-16(6-4-15)23-27-28-24(29(23)18-8-10-19(31-2)11-9-18)32-14-22(30)17-7-12-20(25)21(26)13-17/h3-13H,14H2,1-2H3. The lowest BCUT2D eigenvalue weighted by Gasteiger charge is -2.11. The molecule has 3 aromatic carbocycles. The van der Waals surface area contributed by atoms with Crippen LogP contribution in [-0.4, -0.2) is 33.4 Å². The normalized spacial score (nSPS) is 10.9. The fourth-order valence-corrected chi connectivity index (χ4v) is 4.24. The Morgan fingerprint density at radius 1 is 0.969 bits per heavy atom. The Bertz CT molecular complexity index is 1260. The molecule has 4 aromatic rings. The van der Waals surface area contributed by atoms with Gasteiger partial charge in [0.05, 0.1) is 22.9 Å². The molecule has 0 amide bonds. The van der Waals surface area contributed by atoms with Crippen molar-refractivity contribution >= 4 is 40.7 Å². The van der Waals surface area contributed by atoms with Crippen molar-refractivity contribution in [1.82, 2.24) is 14.8 Å². The van der Waals surface area contributed by atoms with Gasteiger partial charge in [0.15, 0.2) is 16.8 Å². The first-order valence-corrected chi connectivity index (χ1v) is 11.5. The molecule has 0 unspecified atom stereocenters. The predicted octanol–water partition coefficient (Wildman–Crippen LogP) is 6.53. The van der Waals surface area contributed by atoms with Crippen LogP contribution in [0, 0.1) is 6.92 Å². The summed E-state index contributed by atoms with van der Waals surface area (Å²) in [6.07, 6.45) is 0. The van der Waals surface area contributed by atoms with Crippen molar-refractivity contribution in [3.63, 3.8) is 0 Å². The van der Waals surface area contributed by atoms with Gasteiger partial charge in [0, 0.05) is 16.8 Å². The Balaban J connectivity index is 1.67. The van der Waals surface area contributed by atoms with Crippen molar-refractivity contribution < 1.29 is 9.53 Å². The van der Waals surface area contributed by atoms with Gasteiger partial charge >= 0.3 is 0 Å². The van der Waals surface area contributed by atoms with E-state index in [1.54, 1.807) is 25.3 Å². The van der Waals surface area contributed by atoms with Gasteiger partial charge in [0.1, 0.15) is 5.75 Å². The summed E-state index contributed by atoms with van der Waals surface area (Å²) in [5, 5.41) is 10.2. The number of hydrogen-bond acceptors (Lipinski definition) is 5. The van der Waals surface area contributed by atoms with Crippen LogP contribution in [0.2, 0.25) is 10.0 Å². The molecule has 0 bridgehead atoms. The van der Waals surface area contributed by atoms with E-state index in [-0.39, 0.29) is 11.5 Å². The molecule has 0 spiro atoms. The van der Waals surface area contributed by atoms with E-state index >= 15 is 0 Å². The van der Waals surface area contributed by atoms with Gasteiger partial charge in [-0.3, -0.25) is 9.36 Å². The van der Waals surface area contributed by atoms with Crippen molar-refractivity contribution in [3.05, 3.63) is 87.9 Å². The minimum Gasteiger partial charge on any atom is -0.497 e. The Morgan fingerprint density at radius 3 is 2.34 bits per heavy atom. The number of carbonyl (C=O) groups excluding carboxylic acids is 1. The first kappa shape index (κ1) is 22.4. The number of methoxy groups -OCH3 is 1. The fraction of sp³-hybridized carbons (Fsp3) is 0.125. The first-order valence-electron chi connectivity index (χ1n) is 9.74. The predicted molar refractivity (Wildman–Crippen MR) is 130 cm³/mol. The lowest BCUT2D eigenvalue weighted by molar-refractivity contribution is 0.102. The highest BCUT2D eigenvalue weighted by Gasteiger charge is 2.18. The molecule has 0 aliphatic rings. The number of ether oxygens (including phenoxy) is 1. The number of aryl methyl sites for hydroxylation is 1. The lowest BCUT2D eigenvalue weighted by atomic mass is 10.1. The average Bonchev–Trinajstić information content (AvgIpc) is 3.23. The monoisotopic (exact) mass is 483 g/mol. The second-order valence-corrected chi connectivity index (χ2v) is 8.80. The van der Waals surface area contributed by atoms with Crippen LogP contribution in [0.25, 0.3) is 17.1 Å². The number of aromatic nitrogens is 3. The smallest absolute Gasteiger partial charge is 0.196 e. The molecule has 4 rings (SSSR count). The van der Waals surface area contributed by atoms with E-state index in [0.717, 1.165) is 22.6 Å². The molecular formula is C24H19Cl2N3O2S. The van der Waals surface area contributed by atoms with Gasteiger partial charge in [0.25, 0.3) is 0 Å². The largest absolute Gasteiger partial charge is 0.497 e. The molecule has 0 N–H and O–H groups in total. The van der Waals surface area contributed by atoms with E-state index in [4.69, 9.17) is 27.9 Å². The zero-order valence-electron chi connectivity index (χ0n) is 17.4. The molecule has 0 aliphatic carbocycles. The molecule has 8 heteroatoms. The van der Waals surface area contributed by atoms with Crippen LogP contribution in [0.15, 0.2) is 71.9 Å². The maximum atomic E-state index is 12.7. The third-order valence-corrected chi connectivity index (χ3v) is 6.52. The first-order chi connectivity index (χ1) is 15.5. The summed E-state index contributed by atoms with van der Waals surface area (Å²) in [5.74, 6) is 1.55. The minimum absolute atomic E-state index is 0.0743. The molecule has 1 aromatic heterocycles. The quantitative estimate of drug-likeness (QED) is 0.220. The van der Waals surface area contributed by atoms with E-state index < -0.39 is 0 Å². The Morgan fingerprint density at radius 2 is 1.69 bits per heavy atom. The number of halogens is 2. The van der Waals surface area contributed by atoms with Crippen LogP contribution < -0.4 is 4.74 Å². The van der Waals surface area contributed by atoms with E-state index in [9.17, 15) is 4.79 Å². The summed E-state index contributed by atoms with van der Waals surface area (Å²) in [6, 6.07) is 20.6. The highest BCUT2D eigenvalue weighted by molar-refractivity contribution is 7.99. The molecule has 32 heavy (non-hydrogen) atoms. The molecule has 0 aliphatic heterocycles. The number of ketones is 1. The van der Waals surface area contributed by atoms with Crippen molar-refractivity contribution in [2.24, 2.45) is 0 Å². The van der Waals surface area contributed by atoms with Gasteiger partial charge in [-0.1, -0.05) is 64.8 Å². The molecular weight excluding hydrogens is 465 g/mol. The summed E-state index contributed by atoms with van der Waals surface area (Å²) in [6.45, 7) is 2.04. The lowest BCUT2D eigenvalue weighted by Crippen LogP contribution is -2.05. The summed E-state index contributed by atoms with van der Waals surface area (Å²) in [5.41, 5.74) is 3.46. The number of hydrogen-bond donors (Lipinski definition) is 0. The molecule has 5 nitrogen and oxygen atoms in total. The zero-order chi connectivity index (χ0) is 22.7. The van der Waals surface area contributed by atoms with E-state index in [0.29, 0.717) is 26.6 Å². The molecule has 0 saturated heterocycles. The van der Waals surface area contributed by atoms with E-state index in [2.05, 4.69) is 10.2 Å². The van der Waals surface area contributed by atoms with E-state index in [1.807, 2.05) is 60.0 Å². The van der Waals surface area contributed by atoms with Crippen LogP contribution in [0.5, 0.6) is 5.75 Å². The number of thioether (sulfide) groups is 1. The van der Waals surface area contributed by atoms with Crippen molar-refractivity contribution in [2.45, 2.75) is 12.1 Å². The number of nitrogens with zero attached hydrogens (tertiary/aromatic N) is 3. The molecule has 162 valence electrons. The summed E-state index contributed by atoms with van der Waals surface area (Å²) >= 11 is 13.3. The van der Waals surface area contributed by atoms with Crippen LogP contribution in [0.1, 0.15) is 15.9 Å². The third-order valence-electron chi connectivity index (χ3n) is 4.85. The molecule has 0 radical (unpaired) electrons. The van der Waals surface area contributed by atoms with Crippen molar-refractivity contribution in [2.75, 3.05) is 12.9 Å². The molecule has 0 fully saturated rings. The maximum absolute atomic E-state index is 12.7. The Hall–Kier alpha value is -2.80. The van der Waals surface area contributed by atoms with E-state index in [1.165, 1.54) is 11.8 Å². The van der Waals surface area contributed by atoms with Crippen LogP contribution >= 0.6 is 35.0 Å². The van der Waals surface area contributed by atoms with Crippen LogP contribution in [0.4, 0.5) is 0 Å². The Kier molecular flexibility index (Phi) is 6.84. The highest BCUT2D eigenvalue weighted by atomic mass is 35.5. The highest BCUT2D eigenvalue weighted by Crippen LogP contribution is 2.30. The van der Waals surface area contributed by atoms with Crippen molar-refractivity contribution in [1.29, 1.82) is 0 Å². The van der Waals surface area contributed by atoms with Crippen LogP contribution in [0.3, 0.4) is 0 Å². The van der Waals surface area contributed by atoms with Gasteiger partial charge < -0.3 is 4.74 Å². The number of carbonyl (C=O) groups is 1. The SMILES string of the molecule is COc1ccc(-n2c(SCC(=O)c3ccc(Cl)c(Cl)c3)nnc2-c2ccc(C)cc2)cc1. The second kappa shape index (κ2) is 9.77. The van der Waals surface area contributed by atoms with Gasteiger partial charge in [-0.05, 0) is 49.4 Å². The molecule has 0 saturated carbocycles. The number of rotatable bonds is 7. The number of Topliss-reactive ketones (excluding diaryl/α,β-unsaturated/α-hetero) is 1. The fourth-order valence-electron chi connectivity index (χ4n) is 3.10. The second-order valence-electron chi connectivity index (χ2n) is 7.05. The molecule has 0 atom stereocenters. The Labute approximate surface area is 200 Å². The maximum Gasteiger partial charge on any atom is 0.196 e. The van der Waals surface area contributed by atoms with Gasteiger partial charge in [-0.15, -0.1) is 10.2 Å². The average molecular weight is 484 g/mol. The zero-order valence-corrected chi connectivity index (χ0v) is 19.7. The molecule has 1 heterocycles. The van der Waals surface area contributed by atoms with Crippen LogP contribution in [-0.2, 0) is 0 Å². The topological polar surface area (TPSA) is 57.0 Å². The van der Waals surface area contributed by atoms with Gasteiger partial charge in [-0.2, -0.15) is 0 Å². The summed E-state index contributed by atoms with van der Waals surface area (Å²) in [4.78, 5) is 12.7. The minimum atomic E-state index is -0.0743. The van der Waals surface area contributed by atoms with Gasteiger partial charge in [-0.25, -0.2) is 0 Å². The summed E-state index contributed by atoms with van der Waals surface area (Å²) in [7, 11) is 1.63. The third kappa shape index (κ3) is 4.83. The summed E-state index contributed by atoms with van der Waals surface area (Å²) < 4.78 is 7.22. The van der Waals surface area contributed by atoms with Crippen molar-refractivity contribution in [3.8, 4) is 22.8 Å².